The minimum absolute atomic E-state index is 0.403. The Morgan fingerprint density at radius 2 is 1.88 bits per heavy atom. The largest absolute Gasteiger partial charge is 0.419 e. The van der Waals surface area contributed by atoms with Crippen molar-refractivity contribution >= 4 is 22.5 Å². The van der Waals surface area contributed by atoms with Gasteiger partial charge in [-0.15, -0.1) is 0 Å². The number of amides is 1. The zero-order valence-electron chi connectivity index (χ0n) is 16.5. The molecular weight excluding hydrogens is 437 g/mol. The molecule has 0 bridgehead atoms. The highest BCUT2D eigenvalue weighted by atomic mass is 19.4. The van der Waals surface area contributed by atoms with Crippen molar-refractivity contribution in [3.05, 3.63) is 59.3 Å². The average molecular weight is 455 g/mol. The molecule has 1 fully saturated rings. The number of nitrogens with one attached hydrogen (secondary N) is 4. The van der Waals surface area contributed by atoms with Crippen molar-refractivity contribution in [3.8, 4) is 0 Å². The van der Waals surface area contributed by atoms with Gasteiger partial charge in [-0.2, -0.15) is 18.3 Å². The van der Waals surface area contributed by atoms with Gasteiger partial charge in [0.2, 0.25) is 5.91 Å². The van der Waals surface area contributed by atoms with E-state index in [1.807, 2.05) is 0 Å². The number of aromatic nitrogens is 2. The molecule has 5 N–H and O–H groups in total. The predicted octanol–water partition coefficient (Wildman–Crippen LogP) is 3.01. The van der Waals surface area contributed by atoms with Crippen LogP contribution in [0.2, 0.25) is 0 Å². The smallest absolute Gasteiger partial charge is 0.365 e. The second kappa shape index (κ2) is 8.11. The van der Waals surface area contributed by atoms with Gasteiger partial charge in [0.25, 0.3) is 0 Å². The standard InChI is InChI=1S/C20H18F5N5O2/c1-8-14(18(31)28-10-2-5-13-9(6-10)7-26-30-13)17(29-19(32)27-8)11-3-4-12(20(23,24)25)16(22)15(11)21/h2-8,14,17,19,27,29,32H,1H3,(H,26,30)(H,28,31). The molecule has 32 heavy (non-hydrogen) atoms. The highest BCUT2D eigenvalue weighted by Gasteiger charge is 2.43. The van der Waals surface area contributed by atoms with E-state index < -0.39 is 59.2 Å². The van der Waals surface area contributed by atoms with E-state index in [0.29, 0.717) is 11.8 Å². The number of alkyl halides is 3. The first kappa shape index (κ1) is 22.1. The predicted molar refractivity (Wildman–Crippen MR) is 104 cm³/mol. The van der Waals surface area contributed by atoms with Crippen LogP contribution in [0.15, 0.2) is 36.5 Å². The lowest BCUT2D eigenvalue weighted by Gasteiger charge is -2.40. The molecule has 7 nitrogen and oxygen atoms in total. The third-order valence-electron chi connectivity index (χ3n) is 5.42. The van der Waals surface area contributed by atoms with E-state index in [1.165, 1.54) is 0 Å². The zero-order valence-corrected chi connectivity index (χ0v) is 16.5. The van der Waals surface area contributed by atoms with Crippen molar-refractivity contribution in [2.24, 2.45) is 5.92 Å². The summed E-state index contributed by atoms with van der Waals surface area (Å²) in [6.45, 7) is 1.54. The Labute approximate surface area is 178 Å². The number of benzene rings is 2. The average Bonchev–Trinajstić information content (AvgIpc) is 3.16. The summed E-state index contributed by atoms with van der Waals surface area (Å²) < 4.78 is 67.6. The highest BCUT2D eigenvalue weighted by Crippen LogP contribution is 2.37. The molecule has 4 atom stereocenters. The van der Waals surface area contributed by atoms with Crippen molar-refractivity contribution in [1.82, 2.24) is 20.8 Å². The normalized spacial score (nSPS) is 24.0. The third-order valence-corrected chi connectivity index (χ3v) is 5.42. The second-order valence-electron chi connectivity index (χ2n) is 7.52. The molecule has 1 saturated heterocycles. The highest BCUT2D eigenvalue weighted by molar-refractivity contribution is 5.95. The molecule has 2 aromatic carbocycles. The topological polar surface area (TPSA) is 102 Å². The Morgan fingerprint density at radius 1 is 1.12 bits per heavy atom. The Balaban J connectivity index is 1.68. The first-order valence-corrected chi connectivity index (χ1v) is 9.55. The lowest BCUT2D eigenvalue weighted by Crippen LogP contribution is -2.61. The molecule has 170 valence electrons. The second-order valence-corrected chi connectivity index (χ2v) is 7.52. The van der Waals surface area contributed by atoms with Gasteiger partial charge >= 0.3 is 6.18 Å². The van der Waals surface area contributed by atoms with E-state index in [2.05, 4.69) is 26.1 Å². The number of halogens is 5. The fraction of sp³-hybridized carbons (Fsp3) is 0.300. The van der Waals surface area contributed by atoms with Crippen LogP contribution in [0.1, 0.15) is 24.1 Å². The molecule has 4 rings (SSSR count). The summed E-state index contributed by atoms with van der Waals surface area (Å²) in [6, 6.07) is 4.07. The molecule has 12 heteroatoms. The van der Waals surface area contributed by atoms with Crippen molar-refractivity contribution in [2.45, 2.75) is 31.5 Å². The maximum atomic E-state index is 14.7. The van der Waals surface area contributed by atoms with Gasteiger partial charge in [0.05, 0.1) is 29.2 Å². The lowest BCUT2D eigenvalue weighted by atomic mass is 9.84. The quantitative estimate of drug-likeness (QED) is 0.391. The third kappa shape index (κ3) is 4.04. The fourth-order valence-corrected chi connectivity index (χ4v) is 3.89. The van der Waals surface area contributed by atoms with Crippen LogP contribution in [-0.4, -0.2) is 33.6 Å². The summed E-state index contributed by atoms with van der Waals surface area (Å²) in [4.78, 5) is 13.1. The number of carbonyl (C=O) groups excluding carboxylic acids is 1. The van der Waals surface area contributed by atoms with Gasteiger partial charge in [-0.3, -0.25) is 20.5 Å². The van der Waals surface area contributed by atoms with Crippen LogP contribution >= 0.6 is 0 Å². The molecular formula is C20H18F5N5O2. The molecule has 0 spiro atoms. The Hall–Kier alpha value is -3.09. The number of aliphatic hydroxyl groups is 1. The van der Waals surface area contributed by atoms with E-state index >= 15 is 0 Å². The number of hydrogen-bond donors (Lipinski definition) is 5. The summed E-state index contributed by atoms with van der Waals surface area (Å²) in [5.41, 5.74) is -1.12. The first-order valence-electron chi connectivity index (χ1n) is 9.55. The minimum atomic E-state index is -5.08. The summed E-state index contributed by atoms with van der Waals surface area (Å²) in [5, 5.41) is 25.2. The maximum Gasteiger partial charge on any atom is 0.419 e. The molecule has 0 aliphatic carbocycles. The molecule has 1 aromatic heterocycles. The Morgan fingerprint density at radius 3 is 2.59 bits per heavy atom. The van der Waals surface area contributed by atoms with Crippen LogP contribution in [0.25, 0.3) is 10.9 Å². The SMILES string of the molecule is CC1NC(O)NC(c2ccc(C(F)(F)F)c(F)c2F)C1C(=O)Nc1ccc2[nH]ncc2c1. The van der Waals surface area contributed by atoms with Gasteiger partial charge in [-0.05, 0) is 31.2 Å². The van der Waals surface area contributed by atoms with E-state index in [4.69, 9.17) is 0 Å². The fourth-order valence-electron chi connectivity index (χ4n) is 3.89. The number of hydrogen-bond acceptors (Lipinski definition) is 5. The van der Waals surface area contributed by atoms with Crippen LogP contribution in [0.3, 0.4) is 0 Å². The van der Waals surface area contributed by atoms with Crippen molar-refractivity contribution in [1.29, 1.82) is 0 Å². The number of H-pyrrole nitrogens is 1. The van der Waals surface area contributed by atoms with Gasteiger partial charge in [0.1, 0.15) is 0 Å². The summed E-state index contributed by atoms with van der Waals surface area (Å²) in [5.74, 6) is -5.53. The van der Waals surface area contributed by atoms with Crippen LogP contribution in [-0.2, 0) is 11.0 Å². The van der Waals surface area contributed by atoms with E-state index in [0.717, 1.165) is 17.0 Å². The minimum Gasteiger partial charge on any atom is -0.365 e. The molecule has 1 aliphatic rings. The molecule has 2 heterocycles. The maximum absolute atomic E-state index is 14.7. The van der Waals surface area contributed by atoms with E-state index in [-0.39, 0.29) is 0 Å². The molecule has 1 amide bonds. The summed E-state index contributed by atoms with van der Waals surface area (Å²) in [6.07, 6.45) is -4.93. The van der Waals surface area contributed by atoms with Gasteiger partial charge < -0.3 is 10.4 Å². The molecule has 0 radical (unpaired) electrons. The Bertz CT molecular complexity index is 1160. The zero-order chi connectivity index (χ0) is 23.2. The molecule has 3 aromatic rings. The number of rotatable bonds is 3. The van der Waals surface area contributed by atoms with Gasteiger partial charge in [0, 0.05) is 22.7 Å². The molecule has 0 saturated carbocycles. The summed E-state index contributed by atoms with van der Waals surface area (Å²) in [7, 11) is 0. The first-order chi connectivity index (χ1) is 15.1. The number of anilines is 1. The van der Waals surface area contributed by atoms with Crippen molar-refractivity contribution in [3.63, 3.8) is 0 Å². The number of aliphatic hydroxyl groups excluding tert-OH is 1. The number of aromatic amines is 1. The number of carbonyl (C=O) groups is 1. The molecule has 1 aliphatic heterocycles. The number of fused-ring (bicyclic) bond motifs is 1. The van der Waals surface area contributed by atoms with Crippen LogP contribution in [0.4, 0.5) is 27.6 Å². The Kier molecular flexibility index (Phi) is 5.61. The van der Waals surface area contributed by atoms with Crippen molar-refractivity contribution in [2.75, 3.05) is 5.32 Å². The lowest BCUT2D eigenvalue weighted by molar-refractivity contribution is -0.140. The van der Waals surface area contributed by atoms with Gasteiger partial charge in [-0.1, -0.05) is 6.07 Å². The summed E-state index contributed by atoms with van der Waals surface area (Å²) >= 11 is 0. The van der Waals surface area contributed by atoms with Gasteiger partial charge in [-0.25, -0.2) is 8.78 Å². The van der Waals surface area contributed by atoms with Gasteiger partial charge in [0.15, 0.2) is 18.0 Å². The van der Waals surface area contributed by atoms with E-state index in [1.54, 1.807) is 31.3 Å². The van der Waals surface area contributed by atoms with Crippen LogP contribution < -0.4 is 16.0 Å². The van der Waals surface area contributed by atoms with Crippen molar-refractivity contribution < 1.29 is 31.9 Å². The van der Waals surface area contributed by atoms with Crippen LogP contribution in [0, 0.1) is 17.6 Å². The molecule has 4 unspecified atom stereocenters. The number of nitrogens with zero attached hydrogens (tertiary/aromatic N) is 1. The van der Waals surface area contributed by atoms with E-state index in [9.17, 15) is 31.9 Å². The monoisotopic (exact) mass is 455 g/mol. The van der Waals surface area contributed by atoms with Crippen LogP contribution in [0.5, 0.6) is 0 Å².